The first kappa shape index (κ1) is 12.1. The highest BCUT2D eigenvalue weighted by molar-refractivity contribution is 9.10. The highest BCUT2D eigenvalue weighted by atomic mass is 79.9. The second-order valence-electron chi connectivity index (χ2n) is 3.36. The second-order valence-corrected chi connectivity index (χ2v) is 4.54. The van der Waals surface area contributed by atoms with E-state index in [4.69, 9.17) is 17.3 Å². The van der Waals surface area contributed by atoms with E-state index in [1.165, 1.54) is 0 Å². The quantitative estimate of drug-likeness (QED) is 0.538. The zero-order valence-electron chi connectivity index (χ0n) is 8.85. The molecule has 0 unspecified atom stereocenters. The second kappa shape index (κ2) is 5.33. The van der Waals surface area contributed by atoms with E-state index in [9.17, 15) is 0 Å². The van der Waals surface area contributed by atoms with Crippen molar-refractivity contribution in [2.45, 2.75) is 0 Å². The summed E-state index contributed by atoms with van der Waals surface area (Å²) in [5, 5.41) is 4.18. The summed E-state index contributed by atoms with van der Waals surface area (Å²) in [5.74, 6) is 0.634. The van der Waals surface area contributed by atoms with Crippen molar-refractivity contribution >= 4 is 39.1 Å². The number of benzene rings is 1. The van der Waals surface area contributed by atoms with Crippen LogP contribution in [0.3, 0.4) is 0 Å². The van der Waals surface area contributed by atoms with E-state index in [1.807, 2.05) is 30.5 Å². The van der Waals surface area contributed by atoms with Crippen LogP contribution in [0.2, 0.25) is 0 Å². The van der Waals surface area contributed by atoms with Crippen LogP contribution in [0.1, 0.15) is 0 Å². The number of alkyl halides is 1. The lowest BCUT2D eigenvalue weighted by Gasteiger charge is -2.01. The Bertz CT molecular complexity index is 533. The molecule has 17 heavy (non-hydrogen) atoms. The van der Waals surface area contributed by atoms with Crippen molar-refractivity contribution in [3.8, 4) is 5.69 Å². The first-order valence-corrected chi connectivity index (χ1v) is 6.21. The molecule has 0 aliphatic rings. The molecular weight excluding hydrogens is 304 g/mol. The Morgan fingerprint density at radius 1 is 1.41 bits per heavy atom. The Hall–Kier alpha value is -1.33. The molecule has 0 fully saturated rings. The lowest BCUT2D eigenvalue weighted by atomic mass is 10.3. The van der Waals surface area contributed by atoms with Gasteiger partial charge in [-0.25, -0.2) is 9.67 Å². The SMILES string of the molecule is NC(CCl)=Nc1ccc(-n2cc(Br)cn2)cc1. The highest BCUT2D eigenvalue weighted by Gasteiger charge is 1.99. The van der Waals surface area contributed by atoms with Crippen LogP contribution in [0, 0.1) is 0 Å². The predicted octanol–water partition coefficient (Wildman–Crippen LogP) is 2.86. The van der Waals surface area contributed by atoms with Crippen LogP contribution in [0.4, 0.5) is 5.69 Å². The van der Waals surface area contributed by atoms with Crippen molar-refractivity contribution in [1.82, 2.24) is 9.78 Å². The normalized spacial score (nSPS) is 11.8. The Morgan fingerprint density at radius 2 is 2.12 bits per heavy atom. The molecule has 2 N–H and O–H groups in total. The summed E-state index contributed by atoms with van der Waals surface area (Å²) >= 11 is 8.91. The average molecular weight is 314 g/mol. The van der Waals surface area contributed by atoms with Crippen molar-refractivity contribution in [2.24, 2.45) is 10.7 Å². The molecule has 6 heteroatoms. The fourth-order valence-corrected chi connectivity index (χ4v) is 1.66. The van der Waals surface area contributed by atoms with Crippen molar-refractivity contribution in [3.63, 3.8) is 0 Å². The van der Waals surface area contributed by atoms with E-state index in [-0.39, 0.29) is 5.88 Å². The molecule has 0 amide bonds. The predicted molar refractivity (Wildman–Crippen MR) is 73.3 cm³/mol. The third kappa shape index (κ3) is 3.08. The summed E-state index contributed by atoms with van der Waals surface area (Å²) < 4.78 is 2.70. The summed E-state index contributed by atoms with van der Waals surface area (Å²) in [7, 11) is 0. The van der Waals surface area contributed by atoms with Crippen molar-refractivity contribution in [3.05, 3.63) is 41.1 Å². The van der Waals surface area contributed by atoms with Gasteiger partial charge in [0.25, 0.3) is 0 Å². The zero-order valence-corrected chi connectivity index (χ0v) is 11.2. The van der Waals surface area contributed by atoms with E-state index in [1.54, 1.807) is 10.9 Å². The molecule has 0 atom stereocenters. The molecule has 88 valence electrons. The molecule has 1 heterocycles. The third-order valence-corrected chi connectivity index (χ3v) is 2.76. The van der Waals surface area contributed by atoms with E-state index >= 15 is 0 Å². The first-order chi connectivity index (χ1) is 8.19. The number of aliphatic imine (C=N–C) groups is 1. The van der Waals surface area contributed by atoms with Crippen molar-refractivity contribution in [2.75, 3.05) is 5.88 Å². The lowest BCUT2D eigenvalue weighted by molar-refractivity contribution is 0.880. The largest absolute Gasteiger partial charge is 0.386 e. The molecule has 2 rings (SSSR count). The van der Waals surface area contributed by atoms with Gasteiger partial charge in [-0.1, -0.05) is 0 Å². The lowest BCUT2D eigenvalue weighted by Crippen LogP contribution is -2.12. The van der Waals surface area contributed by atoms with Crippen molar-refractivity contribution in [1.29, 1.82) is 0 Å². The number of nitrogens with zero attached hydrogens (tertiary/aromatic N) is 3. The Morgan fingerprint density at radius 3 is 2.65 bits per heavy atom. The van der Waals surface area contributed by atoms with Crippen LogP contribution in [-0.4, -0.2) is 21.5 Å². The van der Waals surface area contributed by atoms with E-state index in [0.717, 1.165) is 15.8 Å². The standard InChI is InChI=1S/C11H10BrClN4/c12-8-6-15-17(7-8)10-3-1-9(2-4-10)16-11(14)5-13/h1-4,6-7H,5H2,(H2,14,16). The molecule has 1 aromatic carbocycles. The summed E-state index contributed by atoms with van der Waals surface area (Å²) in [6.45, 7) is 0. The first-order valence-electron chi connectivity index (χ1n) is 4.88. The van der Waals surface area contributed by atoms with Gasteiger partial charge >= 0.3 is 0 Å². The summed E-state index contributed by atoms with van der Waals surface area (Å²) in [5.41, 5.74) is 7.29. The maximum atomic E-state index is 5.56. The Balaban J connectivity index is 2.24. The van der Waals surface area contributed by atoms with Gasteiger partial charge in [0, 0.05) is 6.20 Å². The summed E-state index contributed by atoms with van der Waals surface area (Å²) in [4.78, 5) is 4.14. The highest BCUT2D eigenvalue weighted by Crippen LogP contribution is 2.17. The zero-order chi connectivity index (χ0) is 12.3. The van der Waals surface area contributed by atoms with Crippen LogP contribution < -0.4 is 5.73 Å². The van der Waals surface area contributed by atoms with Gasteiger partial charge in [0.05, 0.1) is 27.9 Å². The minimum atomic E-state index is 0.230. The minimum absolute atomic E-state index is 0.230. The van der Waals surface area contributed by atoms with Gasteiger partial charge < -0.3 is 5.73 Å². The van der Waals surface area contributed by atoms with Crippen LogP contribution in [0.5, 0.6) is 0 Å². The van der Waals surface area contributed by atoms with Gasteiger partial charge in [0.15, 0.2) is 0 Å². The van der Waals surface area contributed by atoms with Gasteiger partial charge in [-0.2, -0.15) is 5.10 Å². The fraction of sp³-hybridized carbons (Fsp3) is 0.0909. The van der Waals surface area contributed by atoms with Crippen LogP contribution in [-0.2, 0) is 0 Å². The van der Waals surface area contributed by atoms with E-state index < -0.39 is 0 Å². The molecule has 0 aliphatic carbocycles. The van der Waals surface area contributed by atoms with Crippen LogP contribution >= 0.6 is 27.5 Å². The smallest absolute Gasteiger partial charge is 0.115 e. The fourth-order valence-electron chi connectivity index (χ4n) is 1.32. The number of amidine groups is 1. The Labute approximate surface area is 112 Å². The van der Waals surface area contributed by atoms with Crippen molar-refractivity contribution < 1.29 is 0 Å². The van der Waals surface area contributed by atoms with Gasteiger partial charge in [-0.05, 0) is 40.2 Å². The molecule has 2 aromatic rings. The van der Waals surface area contributed by atoms with Gasteiger partial charge in [0.2, 0.25) is 0 Å². The van der Waals surface area contributed by atoms with E-state index in [0.29, 0.717) is 5.84 Å². The maximum Gasteiger partial charge on any atom is 0.115 e. The van der Waals surface area contributed by atoms with E-state index in [2.05, 4.69) is 26.0 Å². The number of hydrogen-bond acceptors (Lipinski definition) is 2. The molecule has 0 radical (unpaired) electrons. The Kier molecular flexibility index (Phi) is 3.81. The molecule has 0 saturated heterocycles. The van der Waals surface area contributed by atoms with Crippen LogP contribution in [0.15, 0.2) is 46.1 Å². The number of hydrogen-bond donors (Lipinski definition) is 1. The van der Waals surface area contributed by atoms with Gasteiger partial charge in [-0.15, -0.1) is 11.6 Å². The molecular formula is C11H10BrClN4. The van der Waals surface area contributed by atoms with Gasteiger partial charge in [-0.3, -0.25) is 0 Å². The number of nitrogens with two attached hydrogens (primary N) is 1. The van der Waals surface area contributed by atoms with Crippen LogP contribution in [0.25, 0.3) is 5.69 Å². The number of rotatable bonds is 3. The topological polar surface area (TPSA) is 56.2 Å². The number of halogens is 2. The number of aromatic nitrogens is 2. The molecule has 0 spiro atoms. The molecule has 0 saturated carbocycles. The minimum Gasteiger partial charge on any atom is -0.386 e. The molecule has 1 aromatic heterocycles. The van der Waals surface area contributed by atoms with Gasteiger partial charge in [0.1, 0.15) is 5.84 Å². The molecule has 0 bridgehead atoms. The maximum absolute atomic E-state index is 5.56. The summed E-state index contributed by atoms with van der Waals surface area (Å²) in [6, 6.07) is 7.56. The molecule has 4 nitrogen and oxygen atoms in total. The monoisotopic (exact) mass is 312 g/mol. The molecule has 0 aliphatic heterocycles. The average Bonchev–Trinajstić information content (AvgIpc) is 2.77. The summed E-state index contributed by atoms with van der Waals surface area (Å²) in [6.07, 6.45) is 3.61. The third-order valence-electron chi connectivity index (χ3n) is 2.07.